The van der Waals surface area contributed by atoms with Gasteiger partial charge in [-0.2, -0.15) is 0 Å². The molecule has 1 aromatic carbocycles. The minimum atomic E-state index is -1.15. The van der Waals surface area contributed by atoms with Crippen molar-refractivity contribution in [1.82, 2.24) is 5.32 Å². The van der Waals surface area contributed by atoms with Gasteiger partial charge in [0.1, 0.15) is 11.9 Å². The standard InChI is InChI=1S/C12H11BrFNO3/c1-2-3-10(12(17)18)15-11(16)8-5-4-7(14)6-9(8)13/h2,4-6,10H,1,3H2,(H,15,16)(H,17,18). The maximum absolute atomic E-state index is 12.9. The summed E-state index contributed by atoms with van der Waals surface area (Å²) in [5.41, 5.74) is 0.173. The van der Waals surface area contributed by atoms with Crippen molar-refractivity contribution in [2.45, 2.75) is 12.5 Å². The summed E-state index contributed by atoms with van der Waals surface area (Å²) in [6.45, 7) is 3.42. The van der Waals surface area contributed by atoms with E-state index in [1.54, 1.807) is 0 Å². The van der Waals surface area contributed by atoms with Crippen LogP contribution in [0.4, 0.5) is 4.39 Å². The molecule has 96 valence electrons. The fourth-order valence-electron chi connectivity index (χ4n) is 1.30. The van der Waals surface area contributed by atoms with E-state index >= 15 is 0 Å². The topological polar surface area (TPSA) is 66.4 Å². The van der Waals surface area contributed by atoms with Crippen molar-refractivity contribution in [3.63, 3.8) is 0 Å². The number of benzene rings is 1. The van der Waals surface area contributed by atoms with Crippen molar-refractivity contribution in [3.8, 4) is 0 Å². The van der Waals surface area contributed by atoms with Gasteiger partial charge < -0.3 is 10.4 Å². The maximum atomic E-state index is 12.9. The Morgan fingerprint density at radius 2 is 2.22 bits per heavy atom. The minimum absolute atomic E-state index is 0.111. The van der Waals surface area contributed by atoms with Gasteiger partial charge in [-0.05, 0) is 40.5 Å². The predicted molar refractivity (Wildman–Crippen MR) is 67.8 cm³/mol. The van der Waals surface area contributed by atoms with Gasteiger partial charge in [-0.1, -0.05) is 6.08 Å². The smallest absolute Gasteiger partial charge is 0.326 e. The molecule has 0 aromatic heterocycles. The van der Waals surface area contributed by atoms with Crippen LogP contribution < -0.4 is 5.32 Å². The van der Waals surface area contributed by atoms with Crippen LogP contribution in [0.15, 0.2) is 35.3 Å². The molecule has 0 fully saturated rings. The van der Waals surface area contributed by atoms with Crippen LogP contribution in [0.3, 0.4) is 0 Å². The molecular formula is C12H11BrFNO3. The van der Waals surface area contributed by atoms with Crippen LogP contribution in [0.5, 0.6) is 0 Å². The number of nitrogens with one attached hydrogen (secondary N) is 1. The molecule has 0 aliphatic carbocycles. The first kappa shape index (κ1) is 14.4. The van der Waals surface area contributed by atoms with E-state index in [1.165, 1.54) is 12.1 Å². The lowest BCUT2D eigenvalue weighted by molar-refractivity contribution is -0.139. The SMILES string of the molecule is C=CCC(NC(=O)c1ccc(F)cc1Br)C(=O)O. The zero-order valence-corrected chi connectivity index (χ0v) is 10.9. The fourth-order valence-corrected chi connectivity index (χ4v) is 1.83. The quantitative estimate of drug-likeness (QED) is 0.820. The van der Waals surface area contributed by atoms with E-state index in [2.05, 4.69) is 27.8 Å². The highest BCUT2D eigenvalue weighted by Crippen LogP contribution is 2.18. The number of carboxylic acid groups (broad SMARTS) is 1. The first-order valence-corrected chi connectivity index (χ1v) is 5.84. The Balaban J connectivity index is 2.86. The lowest BCUT2D eigenvalue weighted by Crippen LogP contribution is -2.40. The van der Waals surface area contributed by atoms with Crippen LogP contribution in [-0.2, 0) is 4.79 Å². The van der Waals surface area contributed by atoms with Crippen molar-refractivity contribution >= 4 is 27.8 Å². The number of hydrogen-bond acceptors (Lipinski definition) is 2. The van der Waals surface area contributed by atoms with Gasteiger partial charge >= 0.3 is 5.97 Å². The highest BCUT2D eigenvalue weighted by atomic mass is 79.9. The van der Waals surface area contributed by atoms with Crippen molar-refractivity contribution in [3.05, 3.63) is 46.7 Å². The molecule has 1 amide bonds. The van der Waals surface area contributed by atoms with Gasteiger partial charge in [0, 0.05) is 4.47 Å². The van der Waals surface area contributed by atoms with Crippen LogP contribution in [0.1, 0.15) is 16.8 Å². The first-order chi connectivity index (χ1) is 8.45. The Labute approximate surface area is 112 Å². The number of rotatable bonds is 5. The van der Waals surface area contributed by atoms with Gasteiger partial charge in [0.15, 0.2) is 0 Å². The Morgan fingerprint density at radius 3 is 2.72 bits per heavy atom. The second kappa shape index (κ2) is 6.30. The average Bonchev–Trinajstić information content (AvgIpc) is 2.27. The zero-order valence-electron chi connectivity index (χ0n) is 9.32. The molecule has 0 aliphatic rings. The summed E-state index contributed by atoms with van der Waals surface area (Å²) in [4.78, 5) is 22.7. The summed E-state index contributed by atoms with van der Waals surface area (Å²) in [6, 6.07) is 2.50. The molecule has 2 N–H and O–H groups in total. The molecule has 0 radical (unpaired) electrons. The zero-order chi connectivity index (χ0) is 13.7. The van der Waals surface area contributed by atoms with E-state index in [4.69, 9.17) is 5.11 Å². The summed E-state index contributed by atoms with van der Waals surface area (Å²) < 4.78 is 13.1. The Bertz CT molecular complexity index is 490. The summed E-state index contributed by atoms with van der Waals surface area (Å²) in [6.07, 6.45) is 1.51. The third kappa shape index (κ3) is 3.66. The highest BCUT2D eigenvalue weighted by molar-refractivity contribution is 9.10. The maximum Gasteiger partial charge on any atom is 0.326 e. The molecule has 0 saturated carbocycles. The first-order valence-electron chi connectivity index (χ1n) is 5.05. The molecule has 6 heteroatoms. The van der Waals surface area contributed by atoms with Crippen LogP contribution >= 0.6 is 15.9 Å². The summed E-state index contributed by atoms with van der Waals surface area (Å²) in [5, 5.41) is 11.2. The van der Waals surface area contributed by atoms with E-state index in [-0.39, 0.29) is 16.5 Å². The van der Waals surface area contributed by atoms with E-state index in [0.29, 0.717) is 0 Å². The molecule has 1 unspecified atom stereocenters. The Kier molecular flexibility index (Phi) is 5.03. The van der Waals surface area contributed by atoms with Crippen LogP contribution in [0.2, 0.25) is 0 Å². The normalized spacial score (nSPS) is 11.7. The second-order valence-electron chi connectivity index (χ2n) is 3.51. The van der Waals surface area contributed by atoms with Crippen LogP contribution in [0.25, 0.3) is 0 Å². The van der Waals surface area contributed by atoms with Crippen molar-refractivity contribution in [2.75, 3.05) is 0 Å². The monoisotopic (exact) mass is 315 g/mol. The molecule has 0 aliphatic heterocycles. The molecule has 0 spiro atoms. The fraction of sp³-hybridized carbons (Fsp3) is 0.167. The van der Waals surface area contributed by atoms with Gasteiger partial charge in [-0.15, -0.1) is 6.58 Å². The van der Waals surface area contributed by atoms with Gasteiger partial charge in [0.2, 0.25) is 0 Å². The van der Waals surface area contributed by atoms with E-state index in [1.807, 2.05) is 0 Å². The molecule has 0 saturated heterocycles. The van der Waals surface area contributed by atoms with Crippen LogP contribution in [0, 0.1) is 5.82 Å². The number of carbonyl (C=O) groups is 2. The summed E-state index contributed by atoms with van der Waals surface area (Å²) >= 11 is 3.05. The Morgan fingerprint density at radius 1 is 1.56 bits per heavy atom. The molecule has 1 aromatic rings. The molecule has 4 nitrogen and oxygen atoms in total. The average molecular weight is 316 g/mol. The van der Waals surface area contributed by atoms with E-state index < -0.39 is 23.7 Å². The molecular weight excluding hydrogens is 305 g/mol. The molecule has 0 heterocycles. The number of carboxylic acids is 1. The summed E-state index contributed by atoms with van der Waals surface area (Å²) in [7, 11) is 0. The number of hydrogen-bond donors (Lipinski definition) is 2. The lowest BCUT2D eigenvalue weighted by atomic mass is 10.1. The second-order valence-corrected chi connectivity index (χ2v) is 4.37. The van der Waals surface area contributed by atoms with E-state index in [0.717, 1.165) is 12.1 Å². The highest BCUT2D eigenvalue weighted by Gasteiger charge is 2.20. The predicted octanol–water partition coefficient (Wildman–Crippen LogP) is 2.35. The lowest BCUT2D eigenvalue weighted by Gasteiger charge is -2.13. The van der Waals surface area contributed by atoms with Crippen molar-refractivity contribution in [1.29, 1.82) is 0 Å². The Hall–Kier alpha value is -1.69. The minimum Gasteiger partial charge on any atom is -0.480 e. The van der Waals surface area contributed by atoms with Gasteiger partial charge in [-0.25, -0.2) is 9.18 Å². The van der Waals surface area contributed by atoms with E-state index in [9.17, 15) is 14.0 Å². The summed E-state index contributed by atoms with van der Waals surface area (Å²) in [5.74, 6) is -2.23. The van der Waals surface area contributed by atoms with Gasteiger partial charge in [-0.3, -0.25) is 4.79 Å². The largest absolute Gasteiger partial charge is 0.480 e. The van der Waals surface area contributed by atoms with Gasteiger partial charge in [0.05, 0.1) is 5.56 Å². The third-order valence-electron chi connectivity index (χ3n) is 2.18. The van der Waals surface area contributed by atoms with Crippen LogP contribution in [-0.4, -0.2) is 23.0 Å². The van der Waals surface area contributed by atoms with Gasteiger partial charge in [0.25, 0.3) is 5.91 Å². The number of aliphatic carboxylic acids is 1. The number of amides is 1. The number of carbonyl (C=O) groups excluding carboxylic acids is 1. The van der Waals surface area contributed by atoms with Crippen molar-refractivity contribution < 1.29 is 19.1 Å². The number of halogens is 2. The molecule has 0 bridgehead atoms. The third-order valence-corrected chi connectivity index (χ3v) is 2.84. The van der Waals surface area contributed by atoms with Crippen molar-refractivity contribution in [2.24, 2.45) is 0 Å². The molecule has 1 rings (SSSR count). The molecule has 18 heavy (non-hydrogen) atoms. The molecule has 1 atom stereocenters.